The van der Waals surface area contributed by atoms with Gasteiger partial charge in [-0.25, -0.2) is 8.42 Å². The van der Waals surface area contributed by atoms with Gasteiger partial charge in [-0.1, -0.05) is 0 Å². The zero-order valence-corrected chi connectivity index (χ0v) is 14.9. The summed E-state index contributed by atoms with van der Waals surface area (Å²) >= 11 is 0. The van der Waals surface area contributed by atoms with E-state index in [9.17, 15) is 8.42 Å². The smallest absolute Gasteiger partial charge is 0.243 e. The van der Waals surface area contributed by atoms with Crippen LogP contribution in [0, 0.1) is 13.8 Å². The Labute approximate surface area is 133 Å². The van der Waals surface area contributed by atoms with Crippen LogP contribution in [-0.2, 0) is 10.0 Å². The number of methoxy groups -OCH3 is 1. The lowest BCUT2D eigenvalue weighted by Gasteiger charge is -2.36. The summed E-state index contributed by atoms with van der Waals surface area (Å²) in [6, 6.07) is 3.97. The van der Waals surface area contributed by atoms with Crippen molar-refractivity contribution in [3.8, 4) is 5.75 Å². The first-order valence-electron chi connectivity index (χ1n) is 7.66. The molecule has 22 heavy (non-hydrogen) atoms. The van der Waals surface area contributed by atoms with Crippen molar-refractivity contribution in [3.05, 3.63) is 23.3 Å². The number of ether oxygens (including phenoxy) is 1. The lowest BCUT2D eigenvalue weighted by Crippen LogP contribution is -2.50. The summed E-state index contributed by atoms with van der Waals surface area (Å²) in [4.78, 5) is 2.70. The molecule has 0 aromatic heterocycles. The van der Waals surface area contributed by atoms with E-state index in [2.05, 4.69) is 18.7 Å². The van der Waals surface area contributed by atoms with Gasteiger partial charge in [0.1, 0.15) is 5.75 Å². The van der Waals surface area contributed by atoms with Crippen LogP contribution >= 0.6 is 0 Å². The molecular weight excluding hydrogens is 300 g/mol. The van der Waals surface area contributed by atoms with Crippen molar-refractivity contribution in [1.29, 1.82) is 0 Å². The lowest BCUT2D eigenvalue weighted by molar-refractivity contribution is 0.154. The van der Waals surface area contributed by atoms with Crippen LogP contribution in [-0.4, -0.2) is 57.0 Å². The van der Waals surface area contributed by atoms with E-state index in [4.69, 9.17) is 4.74 Å². The molecule has 1 aliphatic rings. The van der Waals surface area contributed by atoms with Crippen molar-refractivity contribution in [3.63, 3.8) is 0 Å². The minimum absolute atomic E-state index is 0.392. The van der Waals surface area contributed by atoms with E-state index in [1.165, 1.54) is 0 Å². The number of piperazine rings is 1. The second kappa shape index (κ2) is 6.56. The van der Waals surface area contributed by atoms with Crippen LogP contribution in [0.4, 0.5) is 0 Å². The van der Waals surface area contributed by atoms with Crippen LogP contribution in [0.5, 0.6) is 5.75 Å². The Morgan fingerprint density at radius 3 is 2.14 bits per heavy atom. The molecule has 1 aromatic carbocycles. The van der Waals surface area contributed by atoms with Crippen molar-refractivity contribution < 1.29 is 13.2 Å². The highest BCUT2D eigenvalue weighted by Gasteiger charge is 2.30. The van der Waals surface area contributed by atoms with Gasteiger partial charge in [0, 0.05) is 32.2 Å². The summed E-state index contributed by atoms with van der Waals surface area (Å²) in [5.41, 5.74) is 1.57. The number of nitrogens with zero attached hydrogens (tertiary/aromatic N) is 2. The molecule has 1 saturated heterocycles. The van der Waals surface area contributed by atoms with Gasteiger partial charge < -0.3 is 4.74 Å². The Hall–Kier alpha value is -1.11. The number of hydrogen-bond acceptors (Lipinski definition) is 4. The van der Waals surface area contributed by atoms with E-state index in [0.717, 1.165) is 30.0 Å². The SMILES string of the molecule is COc1cc(C)c(S(=O)(=O)N2CCN(C(C)C)CC2)cc1C. The topological polar surface area (TPSA) is 49.9 Å². The van der Waals surface area contributed by atoms with E-state index >= 15 is 0 Å². The number of hydrogen-bond donors (Lipinski definition) is 0. The summed E-state index contributed by atoms with van der Waals surface area (Å²) in [5.74, 6) is 0.723. The highest BCUT2D eigenvalue weighted by Crippen LogP contribution is 2.28. The van der Waals surface area contributed by atoms with E-state index in [-0.39, 0.29) is 0 Å². The second-order valence-electron chi connectivity index (χ2n) is 6.12. The van der Waals surface area contributed by atoms with Gasteiger partial charge in [-0.15, -0.1) is 0 Å². The molecule has 1 aromatic rings. The zero-order chi connectivity index (χ0) is 16.5. The first kappa shape index (κ1) is 17.2. The molecule has 0 N–H and O–H groups in total. The zero-order valence-electron chi connectivity index (χ0n) is 14.1. The quantitative estimate of drug-likeness (QED) is 0.849. The minimum atomic E-state index is -3.44. The Kier molecular flexibility index (Phi) is 5.14. The van der Waals surface area contributed by atoms with Gasteiger partial charge in [0.15, 0.2) is 0 Å². The monoisotopic (exact) mass is 326 g/mol. The average molecular weight is 326 g/mol. The molecule has 2 rings (SSSR count). The summed E-state index contributed by atoms with van der Waals surface area (Å²) in [7, 11) is -1.84. The third-order valence-corrected chi connectivity index (χ3v) is 6.35. The molecule has 0 amide bonds. The van der Waals surface area contributed by atoms with Gasteiger partial charge in [-0.2, -0.15) is 4.31 Å². The van der Waals surface area contributed by atoms with Crippen LogP contribution in [0.15, 0.2) is 17.0 Å². The Bertz CT molecular complexity index is 633. The van der Waals surface area contributed by atoms with Crippen LogP contribution in [0.25, 0.3) is 0 Å². The molecule has 1 fully saturated rings. The first-order valence-corrected chi connectivity index (χ1v) is 9.10. The molecule has 0 bridgehead atoms. The van der Waals surface area contributed by atoms with Gasteiger partial charge in [-0.3, -0.25) is 4.90 Å². The highest BCUT2D eigenvalue weighted by atomic mass is 32.2. The van der Waals surface area contributed by atoms with Crippen LogP contribution in [0.2, 0.25) is 0 Å². The van der Waals surface area contributed by atoms with E-state index < -0.39 is 10.0 Å². The van der Waals surface area contributed by atoms with E-state index in [0.29, 0.717) is 24.0 Å². The maximum Gasteiger partial charge on any atom is 0.243 e. The molecular formula is C16H26N2O3S. The van der Waals surface area contributed by atoms with E-state index in [1.54, 1.807) is 23.5 Å². The first-order chi connectivity index (χ1) is 10.3. The normalized spacial score (nSPS) is 17.9. The van der Waals surface area contributed by atoms with Gasteiger partial charge in [0.25, 0.3) is 0 Å². The van der Waals surface area contributed by atoms with Crippen LogP contribution in [0.3, 0.4) is 0 Å². The third-order valence-electron chi connectivity index (χ3n) is 4.31. The molecule has 6 heteroatoms. The van der Waals surface area contributed by atoms with Crippen molar-refractivity contribution in [2.24, 2.45) is 0 Å². The Morgan fingerprint density at radius 2 is 1.64 bits per heavy atom. The molecule has 0 aliphatic carbocycles. The van der Waals surface area contributed by atoms with Crippen molar-refractivity contribution in [2.45, 2.75) is 38.6 Å². The molecule has 124 valence electrons. The summed E-state index contributed by atoms with van der Waals surface area (Å²) in [5, 5.41) is 0. The lowest BCUT2D eigenvalue weighted by atomic mass is 10.1. The summed E-state index contributed by atoms with van der Waals surface area (Å²) in [6.45, 7) is 10.6. The predicted molar refractivity (Wildman–Crippen MR) is 87.9 cm³/mol. The fourth-order valence-electron chi connectivity index (χ4n) is 2.86. The fourth-order valence-corrected chi connectivity index (χ4v) is 4.57. The number of sulfonamides is 1. The van der Waals surface area contributed by atoms with Crippen LogP contribution < -0.4 is 4.74 Å². The molecule has 0 spiro atoms. The van der Waals surface area contributed by atoms with Gasteiger partial charge in [-0.05, 0) is 51.0 Å². The molecule has 0 saturated carbocycles. The van der Waals surface area contributed by atoms with Crippen molar-refractivity contribution in [1.82, 2.24) is 9.21 Å². The molecule has 0 radical (unpaired) electrons. The second-order valence-corrected chi connectivity index (χ2v) is 8.03. The Morgan fingerprint density at radius 1 is 1.05 bits per heavy atom. The van der Waals surface area contributed by atoms with Gasteiger partial charge >= 0.3 is 0 Å². The summed E-state index contributed by atoms with van der Waals surface area (Å²) in [6.07, 6.45) is 0. The number of benzene rings is 1. The van der Waals surface area contributed by atoms with Gasteiger partial charge in [0.2, 0.25) is 10.0 Å². The third kappa shape index (κ3) is 3.29. The average Bonchev–Trinajstić information content (AvgIpc) is 2.49. The van der Waals surface area contributed by atoms with Crippen molar-refractivity contribution >= 4 is 10.0 Å². The largest absolute Gasteiger partial charge is 0.496 e. The molecule has 1 aliphatic heterocycles. The minimum Gasteiger partial charge on any atom is -0.496 e. The fraction of sp³-hybridized carbons (Fsp3) is 0.625. The van der Waals surface area contributed by atoms with E-state index in [1.807, 2.05) is 13.8 Å². The van der Waals surface area contributed by atoms with Crippen molar-refractivity contribution in [2.75, 3.05) is 33.3 Å². The maximum atomic E-state index is 12.9. The number of rotatable bonds is 4. The Balaban J connectivity index is 2.27. The predicted octanol–water partition coefficient (Wildman–Crippen LogP) is 2.03. The van der Waals surface area contributed by atoms with Crippen LogP contribution in [0.1, 0.15) is 25.0 Å². The molecule has 1 heterocycles. The molecule has 5 nitrogen and oxygen atoms in total. The number of aryl methyl sites for hydroxylation is 2. The highest BCUT2D eigenvalue weighted by molar-refractivity contribution is 7.89. The summed E-state index contributed by atoms with van der Waals surface area (Å²) < 4.78 is 32.7. The maximum absolute atomic E-state index is 12.9. The molecule has 0 atom stereocenters. The molecule has 0 unspecified atom stereocenters. The van der Waals surface area contributed by atoms with Gasteiger partial charge in [0.05, 0.1) is 12.0 Å². The standard InChI is InChI=1S/C16H26N2O3S/c1-12(2)17-6-8-18(9-7-17)22(19,20)16-11-13(3)15(21-5)10-14(16)4/h10-12H,6-9H2,1-5H3.